The zero-order valence-electron chi connectivity index (χ0n) is 16.1. The van der Waals surface area contributed by atoms with E-state index in [2.05, 4.69) is 16.6 Å². The fourth-order valence-electron chi connectivity index (χ4n) is 3.88. The Morgan fingerprint density at radius 2 is 2.11 bits per heavy atom. The number of likely N-dealkylation sites (N-methyl/N-ethyl adjacent to an activating group) is 1. The molecule has 2 aliphatic rings. The predicted molar refractivity (Wildman–Crippen MR) is 104 cm³/mol. The number of rotatable bonds is 6. The highest BCUT2D eigenvalue weighted by molar-refractivity contribution is 7.90. The number of quaternary nitrogens is 1. The lowest BCUT2D eigenvalue weighted by Crippen LogP contribution is -3.16. The molecule has 0 aliphatic carbocycles. The van der Waals surface area contributed by atoms with E-state index < -0.39 is 10.0 Å². The van der Waals surface area contributed by atoms with Gasteiger partial charge in [-0.15, -0.1) is 4.40 Å². The SMILES string of the molecule is C[C@H]1CCCC[NH+]1CCCNC(=O)CN(C)C1=NS(=O)(=O)c2ccccc21. The summed E-state index contributed by atoms with van der Waals surface area (Å²) in [6, 6.07) is 7.41. The first-order valence-electron chi connectivity index (χ1n) is 9.65. The number of hydrogen-bond donors (Lipinski definition) is 2. The molecule has 2 N–H and O–H groups in total. The van der Waals surface area contributed by atoms with Crippen LogP contribution < -0.4 is 10.2 Å². The van der Waals surface area contributed by atoms with Crippen molar-refractivity contribution in [1.29, 1.82) is 0 Å². The number of amides is 1. The van der Waals surface area contributed by atoms with Crippen molar-refractivity contribution >= 4 is 21.8 Å². The van der Waals surface area contributed by atoms with Gasteiger partial charge in [-0.2, -0.15) is 8.42 Å². The molecule has 7 nitrogen and oxygen atoms in total. The van der Waals surface area contributed by atoms with Gasteiger partial charge >= 0.3 is 0 Å². The van der Waals surface area contributed by atoms with E-state index in [1.54, 1.807) is 41.1 Å². The first kappa shape index (κ1) is 19.8. The van der Waals surface area contributed by atoms with Crippen LogP contribution in [0.3, 0.4) is 0 Å². The Morgan fingerprint density at radius 3 is 2.89 bits per heavy atom. The van der Waals surface area contributed by atoms with Crippen LogP contribution in [0.5, 0.6) is 0 Å². The molecular formula is C19H29N4O3S+. The summed E-state index contributed by atoms with van der Waals surface area (Å²) < 4.78 is 28.1. The van der Waals surface area contributed by atoms with Crippen molar-refractivity contribution in [3.63, 3.8) is 0 Å². The molecule has 1 saturated heterocycles. The van der Waals surface area contributed by atoms with Crippen LogP contribution >= 0.6 is 0 Å². The molecule has 148 valence electrons. The van der Waals surface area contributed by atoms with Gasteiger partial charge in [-0.3, -0.25) is 4.79 Å². The number of sulfonamides is 1. The summed E-state index contributed by atoms with van der Waals surface area (Å²) in [4.78, 5) is 15.7. The minimum atomic E-state index is -3.66. The van der Waals surface area contributed by atoms with Gasteiger partial charge < -0.3 is 15.1 Å². The van der Waals surface area contributed by atoms with E-state index in [4.69, 9.17) is 0 Å². The van der Waals surface area contributed by atoms with E-state index in [1.807, 2.05) is 0 Å². The summed E-state index contributed by atoms with van der Waals surface area (Å²) >= 11 is 0. The maximum absolute atomic E-state index is 12.2. The lowest BCUT2D eigenvalue weighted by atomic mass is 10.0. The van der Waals surface area contributed by atoms with Crippen molar-refractivity contribution in [3.8, 4) is 0 Å². The molecule has 2 atom stereocenters. The van der Waals surface area contributed by atoms with Crippen molar-refractivity contribution in [2.75, 3.05) is 33.2 Å². The number of piperidine rings is 1. The highest BCUT2D eigenvalue weighted by Gasteiger charge is 2.30. The monoisotopic (exact) mass is 393 g/mol. The van der Waals surface area contributed by atoms with Gasteiger partial charge in [0.05, 0.1) is 25.7 Å². The third-order valence-electron chi connectivity index (χ3n) is 5.43. The second kappa shape index (κ2) is 8.39. The van der Waals surface area contributed by atoms with Crippen LogP contribution in [0.4, 0.5) is 0 Å². The van der Waals surface area contributed by atoms with Crippen LogP contribution in [-0.2, 0) is 14.8 Å². The highest BCUT2D eigenvalue weighted by atomic mass is 32.2. The molecule has 8 heteroatoms. The summed E-state index contributed by atoms with van der Waals surface area (Å²) in [5.41, 5.74) is 0.551. The number of hydrogen-bond acceptors (Lipinski definition) is 4. The number of fused-ring (bicyclic) bond motifs is 1. The Bertz CT molecular complexity index is 822. The van der Waals surface area contributed by atoms with Crippen LogP contribution in [0.15, 0.2) is 33.6 Å². The standard InChI is InChI=1S/C19H28N4O3S/c1-15-8-5-6-12-23(15)13-7-11-20-18(24)14-22(2)19-16-9-3-4-10-17(16)27(25,26)21-19/h3-4,9-10,15H,5-8,11-14H2,1-2H3,(H,20,24)/p+1/t15-/m0/s1. The first-order valence-corrected chi connectivity index (χ1v) is 11.1. The van der Waals surface area contributed by atoms with Crippen molar-refractivity contribution in [1.82, 2.24) is 10.2 Å². The fourth-order valence-corrected chi connectivity index (χ4v) is 5.13. The molecule has 2 aliphatic heterocycles. The fraction of sp³-hybridized carbons (Fsp3) is 0.579. The largest absolute Gasteiger partial charge is 0.354 e. The first-order chi connectivity index (χ1) is 12.9. The number of nitrogens with one attached hydrogen (secondary N) is 2. The van der Waals surface area contributed by atoms with Gasteiger partial charge in [0.15, 0.2) is 5.84 Å². The molecule has 0 radical (unpaired) electrons. The summed E-state index contributed by atoms with van der Waals surface area (Å²) in [6.45, 7) is 5.33. The van der Waals surface area contributed by atoms with Gasteiger partial charge in [-0.1, -0.05) is 12.1 Å². The Kier molecular flexibility index (Phi) is 6.16. The zero-order chi connectivity index (χ0) is 19.4. The number of amidine groups is 1. The number of likely N-dealkylation sites (tertiary alicyclic amines) is 1. The molecule has 1 fully saturated rings. The smallest absolute Gasteiger partial charge is 0.285 e. The summed E-state index contributed by atoms with van der Waals surface area (Å²) in [5.74, 6) is 0.205. The normalized spacial score (nSPS) is 23.4. The molecule has 0 bridgehead atoms. The molecule has 3 rings (SSSR count). The molecule has 1 aromatic rings. The van der Waals surface area contributed by atoms with Gasteiger partial charge in [0.25, 0.3) is 10.0 Å². The maximum Gasteiger partial charge on any atom is 0.285 e. The highest BCUT2D eigenvalue weighted by Crippen LogP contribution is 2.26. The number of benzene rings is 1. The van der Waals surface area contributed by atoms with Crippen LogP contribution in [-0.4, -0.2) is 64.3 Å². The van der Waals surface area contributed by atoms with Crippen molar-refractivity contribution < 1.29 is 18.1 Å². The van der Waals surface area contributed by atoms with Gasteiger partial charge in [0, 0.05) is 25.6 Å². The van der Waals surface area contributed by atoms with Crippen molar-refractivity contribution in [2.24, 2.45) is 4.40 Å². The van der Waals surface area contributed by atoms with Crippen molar-refractivity contribution in [3.05, 3.63) is 29.8 Å². The quantitative estimate of drug-likeness (QED) is 0.668. The molecule has 2 heterocycles. The van der Waals surface area contributed by atoms with Gasteiger partial charge in [0.2, 0.25) is 5.91 Å². The second-order valence-corrected chi connectivity index (χ2v) is 9.07. The number of nitrogens with zero attached hydrogens (tertiary/aromatic N) is 2. The van der Waals surface area contributed by atoms with Crippen LogP contribution in [0.1, 0.15) is 38.2 Å². The Labute approximate surface area is 161 Å². The summed E-state index contributed by atoms with van der Waals surface area (Å²) in [7, 11) is -1.97. The van der Waals surface area contributed by atoms with Gasteiger partial charge in [0.1, 0.15) is 4.90 Å². The van der Waals surface area contributed by atoms with E-state index in [0.29, 0.717) is 24.0 Å². The average molecular weight is 394 g/mol. The Balaban J connectivity index is 1.47. The van der Waals surface area contributed by atoms with Crippen LogP contribution in [0.2, 0.25) is 0 Å². The topological polar surface area (TPSA) is 83.3 Å². The minimum absolute atomic E-state index is 0.0790. The van der Waals surface area contributed by atoms with E-state index >= 15 is 0 Å². The molecule has 1 unspecified atom stereocenters. The predicted octanol–water partition coefficient (Wildman–Crippen LogP) is 0.0309. The number of carbonyl (C=O) groups excluding carboxylic acids is 1. The van der Waals surface area contributed by atoms with E-state index in [0.717, 1.165) is 13.0 Å². The van der Waals surface area contributed by atoms with Gasteiger partial charge in [-0.25, -0.2) is 0 Å². The van der Waals surface area contributed by atoms with Gasteiger partial charge in [-0.05, 0) is 38.3 Å². The maximum atomic E-state index is 12.2. The third-order valence-corrected chi connectivity index (χ3v) is 6.76. The molecule has 0 spiro atoms. The third kappa shape index (κ3) is 4.68. The molecule has 1 aromatic carbocycles. The average Bonchev–Trinajstić information content (AvgIpc) is 2.92. The molecule has 0 saturated carbocycles. The molecular weight excluding hydrogens is 364 g/mol. The molecule has 1 amide bonds. The summed E-state index contributed by atoms with van der Waals surface area (Å²) in [6.07, 6.45) is 4.87. The minimum Gasteiger partial charge on any atom is -0.354 e. The van der Waals surface area contributed by atoms with E-state index in [9.17, 15) is 13.2 Å². The van der Waals surface area contributed by atoms with E-state index in [1.165, 1.54) is 25.8 Å². The summed E-state index contributed by atoms with van der Waals surface area (Å²) in [5, 5.41) is 2.94. The van der Waals surface area contributed by atoms with Crippen LogP contribution in [0.25, 0.3) is 0 Å². The van der Waals surface area contributed by atoms with Crippen LogP contribution in [0, 0.1) is 0 Å². The zero-order valence-corrected chi connectivity index (χ0v) is 16.9. The lowest BCUT2D eigenvalue weighted by molar-refractivity contribution is -0.928. The molecule has 0 aromatic heterocycles. The van der Waals surface area contributed by atoms with E-state index in [-0.39, 0.29) is 17.3 Å². The Hall–Kier alpha value is -1.93. The second-order valence-electron chi connectivity index (χ2n) is 7.50. The van der Waals surface area contributed by atoms with Crippen molar-refractivity contribution in [2.45, 2.75) is 43.5 Å². The number of carbonyl (C=O) groups is 1. The Morgan fingerprint density at radius 1 is 1.33 bits per heavy atom. The molecule has 27 heavy (non-hydrogen) atoms. The lowest BCUT2D eigenvalue weighted by Gasteiger charge is -2.30.